The summed E-state index contributed by atoms with van der Waals surface area (Å²) in [5, 5.41) is 2.83. The molecule has 0 aliphatic carbocycles. The first-order chi connectivity index (χ1) is 7.93. The summed E-state index contributed by atoms with van der Waals surface area (Å²) in [4.78, 5) is 11.5. The first-order valence-corrected chi connectivity index (χ1v) is 5.93. The summed E-state index contributed by atoms with van der Waals surface area (Å²) in [5.74, 6) is 0. The fraction of sp³-hybridized carbons (Fsp3) is 0.500. The Morgan fingerprint density at radius 2 is 1.88 bits per heavy atom. The number of carbonyl (C=O) groups excluding carboxylic acids is 1. The van der Waals surface area contributed by atoms with Crippen LogP contribution in [0.4, 0.5) is 4.79 Å². The van der Waals surface area contributed by atoms with E-state index in [1.165, 1.54) is 5.56 Å². The molecule has 1 aromatic rings. The summed E-state index contributed by atoms with van der Waals surface area (Å²) >= 11 is 0. The average molecular weight is 235 g/mol. The second-order valence-corrected chi connectivity index (χ2v) is 4.92. The van der Waals surface area contributed by atoms with Gasteiger partial charge in [-0.25, -0.2) is 4.79 Å². The van der Waals surface area contributed by atoms with Crippen LogP contribution in [0.1, 0.15) is 38.3 Å². The normalized spacial score (nSPS) is 11.1. The summed E-state index contributed by atoms with van der Waals surface area (Å²) in [7, 11) is 0. The molecule has 0 saturated carbocycles. The minimum absolute atomic E-state index is 0.218. The molecule has 1 aromatic carbocycles. The topological polar surface area (TPSA) is 38.3 Å². The quantitative estimate of drug-likeness (QED) is 0.868. The summed E-state index contributed by atoms with van der Waals surface area (Å²) in [6.45, 7) is 8.31. The fourth-order valence-electron chi connectivity index (χ4n) is 1.23. The predicted molar refractivity (Wildman–Crippen MR) is 68.9 cm³/mol. The Kier molecular flexibility index (Phi) is 4.55. The smallest absolute Gasteiger partial charge is 0.407 e. The van der Waals surface area contributed by atoms with Gasteiger partial charge < -0.3 is 10.1 Å². The van der Waals surface area contributed by atoms with Crippen molar-refractivity contribution in [2.24, 2.45) is 0 Å². The molecular formula is C14H21NO2. The summed E-state index contributed by atoms with van der Waals surface area (Å²) in [6.07, 6.45) is 0.504. The van der Waals surface area contributed by atoms with Gasteiger partial charge in [-0.15, -0.1) is 0 Å². The van der Waals surface area contributed by atoms with Crippen LogP contribution in [-0.2, 0) is 11.3 Å². The van der Waals surface area contributed by atoms with E-state index in [1.807, 2.05) is 52.0 Å². The zero-order valence-electron chi connectivity index (χ0n) is 11.0. The molecule has 0 unspecified atom stereocenters. The Balaban J connectivity index is 2.41. The van der Waals surface area contributed by atoms with Gasteiger partial charge in [-0.2, -0.15) is 0 Å². The molecule has 0 atom stereocenters. The number of amides is 1. The van der Waals surface area contributed by atoms with Crippen molar-refractivity contribution in [2.45, 2.75) is 46.3 Å². The largest absolute Gasteiger partial charge is 0.445 e. The number of nitrogens with one attached hydrogen (secondary N) is 1. The molecule has 17 heavy (non-hydrogen) atoms. The van der Waals surface area contributed by atoms with Crippen LogP contribution < -0.4 is 5.32 Å². The van der Waals surface area contributed by atoms with Crippen molar-refractivity contribution in [1.29, 1.82) is 0 Å². The highest BCUT2D eigenvalue weighted by Gasteiger charge is 2.18. The van der Waals surface area contributed by atoms with E-state index in [0.29, 0.717) is 6.61 Å². The summed E-state index contributed by atoms with van der Waals surface area (Å²) in [6, 6.07) is 7.94. The summed E-state index contributed by atoms with van der Waals surface area (Å²) < 4.78 is 5.16. The van der Waals surface area contributed by atoms with Crippen LogP contribution in [0.5, 0.6) is 0 Å². The maximum absolute atomic E-state index is 11.5. The van der Waals surface area contributed by atoms with Gasteiger partial charge in [-0.05, 0) is 32.8 Å². The number of benzene rings is 1. The molecule has 1 amide bonds. The number of carbonyl (C=O) groups is 1. The molecule has 0 radical (unpaired) electrons. The second-order valence-electron chi connectivity index (χ2n) is 4.92. The summed E-state index contributed by atoms with van der Waals surface area (Å²) in [5.41, 5.74) is 1.98. The van der Waals surface area contributed by atoms with E-state index in [0.717, 1.165) is 12.0 Å². The van der Waals surface area contributed by atoms with E-state index >= 15 is 0 Å². The lowest BCUT2D eigenvalue weighted by molar-refractivity contribution is 0.129. The number of alkyl carbamates (subject to hydrolysis) is 1. The lowest BCUT2D eigenvalue weighted by Crippen LogP contribution is -2.42. The van der Waals surface area contributed by atoms with Gasteiger partial charge in [0.25, 0.3) is 0 Å². The highest BCUT2D eigenvalue weighted by Crippen LogP contribution is 2.08. The van der Waals surface area contributed by atoms with Gasteiger partial charge in [-0.3, -0.25) is 0 Å². The Morgan fingerprint density at radius 1 is 1.29 bits per heavy atom. The molecule has 0 fully saturated rings. The maximum atomic E-state index is 11.5. The molecule has 0 aliphatic heterocycles. The standard InChI is InChI=1S/C14H21NO2/c1-5-14(3,4)15-13(16)17-10-12-8-6-11(2)7-9-12/h6-9H,5,10H2,1-4H3,(H,15,16). The van der Waals surface area contributed by atoms with Gasteiger partial charge in [-0.1, -0.05) is 36.8 Å². The molecule has 0 spiro atoms. The van der Waals surface area contributed by atoms with Crippen LogP contribution in [-0.4, -0.2) is 11.6 Å². The van der Waals surface area contributed by atoms with Crippen molar-refractivity contribution in [1.82, 2.24) is 5.32 Å². The Morgan fingerprint density at radius 3 is 2.41 bits per heavy atom. The minimum Gasteiger partial charge on any atom is -0.445 e. The molecule has 3 heteroatoms. The van der Waals surface area contributed by atoms with Crippen molar-refractivity contribution in [3.05, 3.63) is 35.4 Å². The molecule has 0 saturated heterocycles. The minimum atomic E-state index is -0.363. The van der Waals surface area contributed by atoms with Crippen LogP contribution in [0.25, 0.3) is 0 Å². The van der Waals surface area contributed by atoms with Crippen LogP contribution >= 0.6 is 0 Å². The van der Waals surface area contributed by atoms with Gasteiger partial charge in [0.2, 0.25) is 0 Å². The van der Waals surface area contributed by atoms with E-state index in [4.69, 9.17) is 4.74 Å². The third-order valence-corrected chi connectivity index (χ3v) is 2.81. The monoisotopic (exact) mass is 235 g/mol. The number of hydrogen-bond acceptors (Lipinski definition) is 2. The van der Waals surface area contributed by atoms with Crippen molar-refractivity contribution >= 4 is 6.09 Å². The third-order valence-electron chi connectivity index (χ3n) is 2.81. The first-order valence-electron chi connectivity index (χ1n) is 5.93. The Hall–Kier alpha value is -1.51. The fourth-order valence-corrected chi connectivity index (χ4v) is 1.23. The Bertz CT molecular complexity index is 368. The van der Waals surface area contributed by atoms with Crippen molar-refractivity contribution in [2.75, 3.05) is 0 Å². The molecular weight excluding hydrogens is 214 g/mol. The highest BCUT2D eigenvalue weighted by atomic mass is 16.5. The molecule has 1 rings (SSSR count). The van der Waals surface area contributed by atoms with Crippen molar-refractivity contribution in [3.63, 3.8) is 0 Å². The number of ether oxygens (including phenoxy) is 1. The Labute approximate surface area is 103 Å². The zero-order chi connectivity index (χ0) is 12.9. The lowest BCUT2D eigenvalue weighted by Gasteiger charge is -2.23. The molecule has 3 nitrogen and oxygen atoms in total. The number of aryl methyl sites for hydroxylation is 1. The van der Waals surface area contributed by atoms with Gasteiger partial charge in [0.1, 0.15) is 6.61 Å². The molecule has 94 valence electrons. The molecule has 1 N–H and O–H groups in total. The molecule has 0 aliphatic rings. The van der Waals surface area contributed by atoms with Crippen LogP contribution in [0.15, 0.2) is 24.3 Å². The predicted octanol–water partition coefficient (Wildman–Crippen LogP) is 3.41. The average Bonchev–Trinajstić information content (AvgIpc) is 2.28. The van der Waals surface area contributed by atoms with Gasteiger partial charge in [0.15, 0.2) is 0 Å². The van der Waals surface area contributed by atoms with E-state index in [9.17, 15) is 4.79 Å². The van der Waals surface area contributed by atoms with Crippen LogP contribution in [0.2, 0.25) is 0 Å². The molecule has 0 bridgehead atoms. The number of rotatable bonds is 4. The van der Waals surface area contributed by atoms with E-state index in [2.05, 4.69) is 5.32 Å². The van der Waals surface area contributed by atoms with Crippen molar-refractivity contribution < 1.29 is 9.53 Å². The van der Waals surface area contributed by atoms with Crippen molar-refractivity contribution in [3.8, 4) is 0 Å². The van der Waals surface area contributed by atoms with Gasteiger partial charge in [0.05, 0.1) is 0 Å². The van der Waals surface area contributed by atoms with Gasteiger partial charge in [0, 0.05) is 5.54 Å². The van der Waals surface area contributed by atoms with E-state index in [1.54, 1.807) is 0 Å². The second kappa shape index (κ2) is 5.71. The zero-order valence-corrected chi connectivity index (χ0v) is 11.0. The van der Waals surface area contributed by atoms with Gasteiger partial charge >= 0.3 is 6.09 Å². The van der Waals surface area contributed by atoms with E-state index < -0.39 is 0 Å². The first kappa shape index (κ1) is 13.6. The van der Waals surface area contributed by atoms with Crippen LogP contribution in [0.3, 0.4) is 0 Å². The number of hydrogen-bond donors (Lipinski definition) is 1. The van der Waals surface area contributed by atoms with E-state index in [-0.39, 0.29) is 11.6 Å². The highest BCUT2D eigenvalue weighted by molar-refractivity contribution is 5.68. The molecule has 0 heterocycles. The third kappa shape index (κ3) is 4.89. The molecule has 0 aromatic heterocycles. The lowest BCUT2D eigenvalue weighted by atomic mass is 10.0. The van der Waals surface area contributed by atoms with Crippen LogP contribution in [0, 0.1) is 6.92 Å². The SMILES string of the molecule is CCC(C)(C)NC(=O)OCc1ccc(C)cc1. The maximum Gasteiger partial charge on any atom is 0.407 e.